The molecule has 16 heavy (non-hydrogen) atoms. The first kappa shape index (κ1) is 12.8. The monoisotopic (exact) mass is 284 g/mol. The van der Waals surface area contributed by atoms with E-state index in [1.54, 1.807) is 26.4 Å². The number of hydrogen-bond acceptors (Lipinski definition) is 4. The maximum Gasteiger partial charge on any atom is 0.137 e. The molecule has 0 bridgehead atoms. The third-order valence-electron chi connectivity index (χ3n) is 2.21. The third-order valence-corrected chi connectivity index (χ3v) is 2.99. The lowest BCUT2D eigenvalue weighted by atomic mass is 10.0. The van der Waals surface area contributed by atoms with Gasteiger partial charge in [0.25, 0.3) is 0 Å². The van der Waals surface area contributed by atoms with E-state index < -0.39 is 0 Å². The minimum atomic E-state index is -0.333. The number of rotatable bonds is 4. The number of nitrogens with zero attached hydrogens (tertiary/aromatic N) is 1. The van der Waals surface area contributed by atoms with Gasteiger partial charge in [-0.3, -0.25) is 0 Å². The fourth-order valence-electron chi connectivity index (χ4n) is 1.32. The number of halogens is 1. The second-order valence-electron chi connectivity index (χ2n) is 3.21. The lowest BCUT2D eigenvalue weighted by Gasteiger charge is -2.14. The molecule has 0 aliphatic carbocycles. The summed E-state index contributed by atoms with van der Waals surface area (Å²) in [6, 6.07) is 5.31. The molecule has 0 fully saturated rings. The van der Waals surface area contributed by atoms with Gasteiger partial charge in [-0.05, 0) is 33.6 Å². The number of methoxy groups -OCH3 is 2. The highest BCUT2D eigenvalue weighted by Gasteiger charge is 2.13. The van der Waals surface area contributed by atoms with Gasteiger partial charge in [0.15, 0.2) is 0 Å². The maximum atomic E-state index is 8.60. The van der Waals surface area contributed by atoms with Crippen molar-refractivity contribution in [2.75, 3.05) is 14.2 Å². The van der Waals surface area contributed by atoms with Gasteiger partial charge in [-0.25, -0.2) is 0 Å². The van der Waals surface area contributed by atoms with Gasteiger partial charge >= 0.3 is 0 Å². The molecule has 0 aliphatic heterocycles. The highest BCUT2D eigenvalue weighted by molar-refractivity contribution is 9.10. The van der Waals surface area contributed by atoms with E-state index in [-0.39, 0.29) is 12.5 Å². The standard InChI is InChI=1S/C11H13BrN2O2/c1-15-9-5-7(8(14)3-4-13)6-10(16-2)11(9)12/h5-6,8H,3,14H2,1-2H3/t8-/m1/s1. The first-order valence-corrected chi connectivity index (χ1v) is 5.47. The molecule has 1 aromatic rings. The summed E-state index contributed by atoms with van der Waals surface area (Å²) in [5, 5.41) is 8.60. The first-order chi connectivity index (χ1) is 7.63. The van der Waals surface area contributed by atoms with E-state index in [1.165, 1.54) is 0 Å². The van der Waals surface area contributed by atoms with Crippen molar-refractivity contribution in [3.8, 4) is 17.6 Å². The Labute approximate surface area is 103 Å². The molecule has 0 amide bonds. The van der Waals surface area contributed by atoms with Gasteiger partial charge < -0.3 is 15.2 Å². The largest absolute Gasteiger partial charge is 0.495 e. The zero-order valence-corrected chi connectivity index (χ0v) is 10.7. The van der Waals surface area contributed by atoms with E-state index in [0.29, 0.717) is 11.5 Å². The third kappa shape index (κ3) is 2.65. The maximum absolute atomic E-state index is 8.60. The zero-order valence-electron chi connectivity index (χ0n) is 9.16. The molecule has 4 nitrogen and oxygen atoms in total. The predicted molar refractivity (Wildman–Crippen MR) is 64.4 cm³/mol. The number of nitrogens with two attached hydrogens (primary N) is 1. The number of ether oxygens (including phenoxy) is 2. The summed E-state index contributed by atoms with van der Waals surface area (Å²) in [6.45, 7) is 0. The van der Waals surface area contributed by atoms with Crippen molar-refractivity contribution >= 4 is 15.9 Å². The number of nitriles is 1. The minimum Gasteiger partial charge on any atom is -0.495 e. The quantitative estimate of drug-likeness (QED) is 0.922. The van der Waals surface area contributed by atoms with Crippen LogP contribution in [0.3, 0.4) is 0 Å². The molecule has 0 aromatic heterocycles. The van der Waals surface area contributed by atoms with Crippen LogP contribution < -0.4 is 15.2 Å². The van der Waals surface area contributed by atoms with Crippen LogP contribution in [-0.4, -0.2) is 14.2 Å². The molecule has 5 heteroatoms. The van der Waals surface area contributed by atoms with Gasteiger partial charge in [0, 0.05) is 6.04 Å². The molecule has 1 atom stereocenters. The Morgan fingerprint density at radius 3 is 2.25 bits per heavy atom. The van der Waals surface area contributed by atoms with Crippen molar-refractivity contribution in [2.45, 2.75) is 12.5 Å². The Balaban J connectivity index is 3.17. The van der Waals surface area contributed by atoms with Crippen molar-refractivity contribution < 1.29 is 9.47 Å². The first-order valence-electron chi connectivity index (χ1n) is 4.68. The summed E-state index contributed by atoms with van der Waals surface area (Å²) in [7, 11) is 3.14. The molecular formula is C11H13BrN2O2. The number of benzene rings is 1. The molecule has 0 aliphatic rings. The van der Waals surface area contributed by atoms with Gasteiger partial charge in [0.2, 0.25) is 0 Å². The summed E-state index contributed by atoms with van der Waals surface area (Å²) in [5.41, 5.74) is 6.67. The Morgan fingerprint density at radius 1 is 1.38 bits per heavy atom. The molecule has 0 unspecified atom stereocenters. The average Bonchev–Trinajstić information content (AvgIpc) is 2.29. The van der Waals surface area contributed by atoms with E-state index >= 15 is 0 Å². The van der Waals surface area contributed by atoms with Gasteiger partial charge in [-0.1, -0.05) is 0 Å². The summed E-state index contributed by atoms with van der Waals surface area (Å²) in [4.78, 5) is 0. The van der Waals surface area contributed by atoms with Crippen LogP contribution in [0.5, 0.6) is 11.5 Å². The lowest BCUT2D eigenvalue weighted by Crippen LogP contribution is -2.09. The Morgan fingerprint density at radius 2 is 1.88 bits per heavy atom. The Bertz CT molecular complexity index is 390. The molecular weight excluding hydrogens is 272 g/mol. The summed E-state index contributed by atoms with van der Waals surface area (Å²) in [6.07, 6.45) is 0.258. The fourth-order valence-corrected chi connectivity index (χ4v) is 1.87. The van der Waals surface area contributed by atoms with Crippen LogP contribution >= 0.6 is 15.9 Å². The Hall–Kier alpha value is -1.25. The summed E-state index contributed by atoms with van der Waals surface area (Å²) in [5.74, 6) is 1.28. The minimum absolute atomic E-state index is 0.258. The summed E-state index contributed by atoms with van der Waals surface area (Å²) < 4.78 is 11.1. The van der Waals surface area contributed by atoms with Crippen molar-refractivity contribution in [3.05, 3.63) is 22.2 Å². The van der Waals surface area contributed by atoms with Crippen LogP contribution in [-0.2, 0) is 0 Å². The molecule has 0 radical (unpaired) electrons. The van der Waals surface area contributed by atoms with Gasteiger partial charge in [-0.15, -0.1) is 0 Å². The molecule has 1 aromatic carbocycles. The van der Waals surface area contributed by atoms with Crippen LogP contribution in [0.4, 0.5) is 0 Å². The van der Waals surface area contributed by atoms with Crippen molar-refractivity contribution in [1.82, 2.24) is 0 Å². The van der Waals surface area contributed by atoms with Crippen molar-refractivity contribution in [1.29, 1.82) is 5.26 Å². The average molecular weight is 285 g/mol. The van der Waals surface area contributed by atoms with Gasteiger partial charge in [0.1, 0.15) is 16.0 Å². The van der Waals surface area contributed by atoms with Gasteiger partial charge in [0.05, 0.1) is 26.7 Å². The molecule has 0 heterocycles. The predicted octanol–water partition coefficient (Wildman–Crippen LogP) is 2.38. The second-order valence-corrected chi connectivity index (χ2v) is 4.00. The van der Waals surface area contributed by atoms with Crippen LogP contribution in [0.2, 0.25) is 0 Å². The topological polar surface area (TPSA) is 68.3 Å². The smallest absolute Gasteiger partial charge is 0.137 e. The molecule has 0 saturated heterocycles. The number of hydrogen-bond donors (Lipinski definition) is 1. The van der Waals surface area contributed by atoms with E-state index in [1.807, 2.05) is 6.07 Å². The molecule has 1 rings (SSSR count). The molecule has 2 N–H and O–H groups in total. The van der Waals surface area contributed by atoms with Crippen LogP contribution in [0.25, 0.3) is 0 Å². The highest BCUT2D eigenvalue weighted by atomic mass is 79.9. The molecule has 0 spiro atoms. The Kier molecular flexibility index (Phi) is 4.59. The van der Waals surface area contributed by atoms with Gasteiger partial charge in [-0.2, -0.15) is 5.26 Å². The normalized spacial score (nSPS) is 11.7. The fraction of sp³-hybridized carbons (Fsp3) is 0.364. The van der Waals surface area contributed by atoms with Crippen LogP contribution in [0.1, 0.15) is 18.0 Å². The van der Waals surface area contributed by atoms with Crippen LogP contribution in [0.15, 0.2) is 16.6 Å². The zero-order chi connectivity index (χ0) is 12.1. The van der Waals surface area contributed by atoms with Crippen LogP contribution in [0, 0.1) is 11.3 Å². The molecule has 0 saturated carbocycles. The van der Waals surface area contributed by atoms with E-state index in [0.717, 1.165) is 10.0 Å². The van der Waals surface area contributed by atoms with Crippen molar-refractivity contribution in [2.24, 2.45) is 5.73 Å². The molecule has 86 valence electrons. The van der Waals surface area contributed by atoms with Crippen molar-refractivity contribution in [3.63, 3.8) is 0 Å². The summed E-state index contributed by atoms with van der Waals surface area (Å²) >= 11 is 3.37. The van der Waals surface area contributed by atoms with E-state index in [4.69, 9.17) is 20.5 Å². The second kappa shape index (κ2) is 5.73. The highest BCUT2D eigenvalue weighted by Crippen LogP contribution is 2.37. The SMILES string of the molecule is COc1cc([C@H](N)CC#N)cc(OC)c1Br. The lowest BCUT2D eigenvalue weighted by molar-refractivity contribution is 0.388. The van der Waals surface area contributed by atoms with E-state index in [2.05, 4.69) is 15.9 Å². The van der Waals surface area contributed by atoms with E-state index in [9.17, 15) is 0 Å².